The van der Waals surface area contributed by atoms with Gasteiger partial charge in [-0.1, -0.05) is 28.4 Å². The molecule has 0 radical (unpaired) electrons. The molecule has 15 heavy (non-hydrogen) atoms. The van der Waals surface area contributed by atoms with Crippen molar-refractivity contribution >= 4 is 35.0 Å². The van der Waals surface area contributed by atoms with Crippen molar-refractivity contribution < 1.29 is 0 Å². The first kappa shape index (κ1) is 10.8. The van der Waals surface area contributed by atoms with Crippen LogP contribution >= 0.6 is 35.0 Å². The van der Waals surface area contributed by atoms with Gasteiger partial charge in [0.05, 0.1) is 15.7 Å². The Morgan fingerprint density at radius 3 is 2.80 bits per heavy atom. The molecule has 0 amide bonds. The molecule has 1 N–H and O–H groups in total. The van der Waals surface area contributed by atoms with Gasteiger partial charge >= 0.3 is 0 Å². The topological polar surface area (TPSA) is 41.6 Å². The van der Waals surface area contributed by atoms with Crippen molar-refractivity contribution in [3.63, 3.8) is 0 Å². The fraction of sp³-hybridized carbons (Fsp3) is 0.111. The van der Waals surface area contributed by atoms with Gasteiger partial charge in [0.1, 0.15) is 0 Å². The summed E-state index contributed by atoms with van der Waals surface area (Å²) in [5.74, 6) is 0.758. The van der Waals surface area contributed by atoms with Crippen LogP contribution in [0.3, 0.4) is 0 Å². The SMILES string of the molecule is Clc1ccc(SCc2c[nH]nn2)cc1Cl. The number of nitrogens with one attached hydrogen (secondary N) is 1. The van der Waals surface area contributed by atoms with Gasteiger partial charge in [0.2, 0.25) is 0 Å². The summed E-state index contributed by atoms with van der Waals surface area (Å²) in [6, 6.07) is 5.56. The van der Waals surface area contributed by atoms with Gasteiger partial charge in [-0.25, -0.2) is 0 Å². The van der Waals surface area contributed by atoms with E-state index in [1.807, 2.05) is 12.1 Å². The Morgan fingerprint density at radius 1 is 1.27 bits per heavy atom. The van der Waals surface area contributed by atoms with E-state index in [2.05, 4.69) is 15.4 Å². The first-order chi connectivity index (χ1) is 7.25. The minimum absolute atomic E-state index is 0.571. The molecular weight excluding hydrogens is 253 g/mol. The molecule has 3 nitrogen and oxygen atoms in total. The molecule has 1 heterocycles. The molecule has 0 bridgehead atoms. The lowest BCUT2D eigenvalue weighted by molar-refractivity contribution is 0.926. The van der Waals surface area contributed by atoms with Crippen molar-refractivity contribution in [3.05, 3.63) is 40.1 Å². The van der Waals surface area contributed by atoms with Crippen LogP contribution in [0.25, 0.3) is 0 Å². The molecule has 6 heteroatoms. The fourth-order valence-electron chi connectivity index (χ4n) is 1.02. The monoisotopic (exact) mass is 259 g/mol. The summed E-state index contributed by atoms with van der Waals surface area (Å²) in [7, 11) is 0. The zero-order valence-corrected chi connectivity index (χ0v) is 9.90. The third kappa shape index (κ3) is 2.87. The number of aromatic amines is 1. The summed E-state index contributed by atoms with van der Waals surface area (Å²) >= 11 is 13.3. The van der Waals surface area contributed by atoms with Crippen LogP contribution in [0.4, 0.5) is 0 Å². The lowest BCUT2D eigenvalue weighted by Gasteiger charge is -2.00. The summed E-state index contributed by atoms with van der Waals surface area (Å²) in [5, 5.41) is 11.3. The van der Waals surface area contributed by atoms with Crippen molar-refractivity contribution in [2.24, 2.45) is 0 Å². The van der Waals surface area contributed by atoms with Crippen LogP contribution in [0.1, 0.15) is 5.69 Å². The van der Waals surface area contributed by atoms with E-state index in [9.17, 15) is 0 Å². The number of nitrogens with zero attached hydrogens (tertiary/aromatic N) is 2. The predicted octanol–water partition coefficient (Wildman–Crippen LogP) is 3.40. The second-order valence-electron chi connectivity index (χ2n) is 2.83. The molecule has 0 saturated carbocycles. The van der Waals surface area contributed by atoms with Gasteiger partial charge in [0.25, 0.3) is 0 Å². The molecular formula is C9H7Cl2N3S. The van der Waals surface area contributed by atoms with Crippen LogP contribution in [0, 0.1) is 0 Å². The summed E-state index contributed by atoms with van der Waals surface area (Å²) in [4.78, 5) is 1.06. The highest BCUT2D eigenvalue weighted by Gasteiger charge is 2.01. The van der Waals surface area contributed by atoms with Gasteiger partial charge in [0, 0.05) is 16.8 Å². The number of H-pyrrole nitrogens is 1. The lowest BCUT2D eigenvalue weighted by atomic mass is 10.4. The van der Waals surface area contributed by atoms with E-state index in [1.165, 1.54) is 0 Å². The number of benzene rings is 1. The lowest BCUT2D eigenvalue weighted by Crippen LogP contribution is -1.80. The Morgan fingerprint density at radius 2 is 2.13 bits per heavy atom. The maximum atomic E-state index is 5.90. The molecule has 2 rings (SSSR count). The number of hydrogen-bond donors (Lipinski definition) is 1. The van der Waals surface area contributed by atoms with E-state index in [1.54, 1.807) is 24.0 Å². The highest BCUT2D eigenvalue weighted by molar-refractivity contribution is 7.98. The first-order valence-electron chi connectivity index (χ1n) is 4.19. The number of thioether (sulfide) groups is 1. The Balaban J connectivity index is 2.02. The molecule has 78 valence electrons. The van der Waals surface area contributed by atoms with Gasteiger partial charge in [-0.3, -0.25) is 5.10 Å². The Hall–Kier alpha value is -0.710. The maximum absolute atomic E-state index is 5.90. The third-order valence-corrected chi connectivity index (χ3v) is 3.51. The molecule has 0 spiro atoms. The summed E-state index contributed by atoms with van der Waals surface area (Å²) in [6.07, 6.45) is 1.77. The largest absolute Gasteiger partial charge is 0.265 e. The van der Waals surface area contributed by atoms with Gasteiger partial charge in [-0.2, -0.15) is 0 Å². The average Bonchev–Trinajstić information content (AvgIpc) is 2.73. The summed E-state index contributed by atoms with van der Waals surface area (Å²) in [5.41, 5.74) is 0.908. The number of rotatable bonds is 3. The number of halogens is 2. The van der Waals surface area contributed by atoms with Crippen molar-refractivity contribution in [2.45, 2.75) is 10.6 Å². The molecule has 1 aromatic carbocycles. The van der Waals surface area contributed by atoms with Crippen molar-refractivity contribution in [1.82, 2.24) is 15.4 Å². The predicted molar refractivity (Wildman–Crippen MR) is 62.4 cm³/mol. The van der Waals surface area contributed by atoms with E-state index in [0.717, 1.165) is 16.3 Å². The molecule has 0 aliphatic heterocycles. The maximum Gasteiger partial charge on any atom is 0.0926 e. The van der Waals surface area contributed by atoms with Crippen LogP contribution < -0.4 is 0 Å². The molecule has 0 aliphatic carbocycles. The van der Waals surface area contributed by atoms with E-state index >= 15 is 0 Å². The van der Waals surface area contributed by atoms with Crippen molar-refractivity contribution in [1.29, 1.82) is 0 Å². The average molecular weight is 260 g/mol. The Kier molecular flexibility index (Phi) is 3.51. The second-order valence-corrected chi connectivity index (χ2v) is 4.69. The quantitative estimate of drug-likeness (QED) is 0.860. The third-order valence-electron chi connectivity index (χ3n) is 1.75. The standard InChI is InChI=1S/C9H7Cl2N3S/c10-8-2-1-7(3-9(8)11)15-5-6-4-12-14-13-6/h1-4H,5H2,(H,12,13,14). The zero-order valence-electron chi connectivity index (χ0n) is 7.58. The van der Waals surface area contributed by atoms with Gasteiger partial charge in [-0.05, 0) is 18.2 Å². The highest BCUT2D eigenvalue weighted by Crippen LogP contribution is 2.29. The minimum atomic E-state index is 0.571. The van der Waals surface area contributed by atoms with Gasteiger partial charge in [-0.15, -0.1) is 16.9 Å². The summed E-state index contributed by atoms with van der Waals surface area (Å²) in [6.45, 7) is 0. The number of hydrogen-bond acceptors (Lipinski definition) is 3. The van der Waals surface area contributed by atoms with E-state index in [4.69, 9.17) is 23.2 Å². The smallest absolute Gasteiger partial charge is 0.0926 e. The summed E-state index contributed by atoms with van der Waals surface area (Å²) < 4.78 is 0. The van der Waals surface area contributed by atoms with Crippen LogP contribution in [0.15, 0.2) is 29.3 Å². The fourth-order valence-corrected chi connectivity index (χ4v) is 2.20. The van der Waals surface area contributed by atoms with E-state index < -0.39 is 0 Å². The van der Waals surface area contributed by atoms with E-state index in [0.29, 0.717) is 10.0 Å². The molecule has 0 fully saturated rings. The Bertz CT molecular complexity index is 445. The molecule has 1 aromatic heterocycles. The van der Waals surface area contributed by atoms with Crippen LogP contribution in [0.5, 0.6) is 0 Å². The van der Waals surface area contributed by atoms with Gasteiger partial charge < -0.3 is 0 Å². The Labute approximate surface area is 101 Å². The van der Waals surface area contributed by atoms with E-state index in [-0.39, 0.29) is 0 Å². The molecule has 0 saturated heterocycles. The highest BCUT2D eigenvalue weighted by atomic mass is 35.5. The molecule has 0 atom stereocenters. The molecule has 0 unspecified atom stereocenters. The van der Waals surface area contributed by atoms with Crippen molar-refractivity contribution in [2.75, 3.05) is 0 Å². The van der Waals surface area contributed by atoms with Crippen LogP contribution in [0.2, 0.25) is 10.0 Å². The van der Waals surface area contributed by atoms with Gasteiger partial charge in [0.15, 0.2) is 0 Å². The zero-order chi connectivity index (χ0) is 10.7. The number of aromatic nitrogens is 3. The first-order valence-corrected chi connectivity index (χ1v) is 5.93. The normalized spacial score (nSPS) is 10.5. The molecule has 0 aliphatic rings. The molecule has 2 aromatic rings. The van der Waals surface area contributed by atoms with Crippen LogP contribution in [-0.2, 0) is 5.75 Å². The van der Waals surface area contributed by atoms with Crippen LogP contribution in [-0.4, -0.2) is 15.4 Å². The minimum Gasteiger partial charge on any atom is -0.265 e. The van der Waals surface area contributed by atoms with Crippen molar-refractivity contribution in [3.8, 4) is 0 Å². The second kappa shape index (κ2) is 4.88.